The van der Waals surface area contributed by atoms with Crippen molar-refractivity contribution in [1.29, 1.82) is 0 Å². The Morgan fingerprint density at radius 1 is 1.20 bits per heavy atom. The molecular formula is C13H18BN3O2S. The Hall–Kier alpha value is -1.18. The summed E-state index contributed by atoms with van der Waals surface area (Å²) in [7, 11) is 1.50. The van der Waals surface area contributed by atoms with Crippen LogP contribution in [-0.2, 0) is 16.4 Å². The molecule has 2 aromatic heterocycles. The van der Waals surface area contributed by atoms with Crippen molar-refractivity contribution < 1.29 is 9.31 Å². The molecule has 106 valence electrons. The van der Waals surface area contributed by atoms with E-state index in [2.05, 4.69) is 10.1 Å². The van der Waals surface area contributed by atoms with Crippen LogP contribution in [-0.4, -0.2) is 33.1 Å². The molecule has 3 rings (SSSR count). The maximum absolute atomic E-state index is 6.06. The van der Waals surface area contributed by atoms with E-state index in [1.54, 1.807) is 22.2 Å². The lowest BCUT2D eigenvalue weighted by molar-refractivity contribution is 0.00578. The molecule has 1 fully saturated rings. The maximum Gasteiger partial charge on any atom is 0.514 e. The zero-order valence-electron chi connectivity index (χ0n) is 12.4. The van der Waals surface area contributed by atoms with Crippen molar-refractivity contribution in [3.05, 3.63) is 17.6 Å². The van der Waals surface area contributed by atoms with E-state index in [0.717, 1.165) is 16.3 Å². The third-order valence-corrected chi connectivity index (χ3v) is 4.86. The molecule has 20 heavy (non-hydrogen) atoms. The fraction of sp³-hybridized carbons (Fsp3) is 0.538. The Kier molecular flexibility index (Phi) is 3.04. The second-order valence-corrected chi connectivity index (χ2v) is 6.90. The van der Waals surface area contributed by atoms with Crippen LogP contribution >= 0.6 is 11.3 Å². The van der Waals surface area contributed by atoms with Gasteiger partial charge in [-0.15, -0.1) is 11.3 Å². The van der Waals surface area contributed by atoms with Gasteiger partial charge in [-0.25, -0.2) is 4.98 Å². The van der Waals surface area contributed by atoms with Crippen LogP contribution in [0.15, 0.2) is 17.6 Å². The molecule has 2 aromatic rings. The van der Waals surface area contributed by atoms with E-state index in [1.165, 1.54) is 0 Å². The van der Waals surface area contributed by atoms with Crippen molar-refractivity contribution in [2.24, 2.45) is 7.05 Å². The summed E-state index contributed by atoms with van der Waals surface area (Å²) in [5.41, 5.74) is 1.08. The van der Waals surface area contributed by atoms with Gasteiger partial charge in [0.05, 0.1) is 16.8 Å². The highest BCUT2D eigenvalue weighted by molar-refractivity contribution is 7.13. The lowest BCUT2D eigenvalue weighted by Gasteiger charge is -2.32. The van der Waals surface area contributed by atoms with Gasteiger partial charge in [0, 0.05) is 18.6 Å². The highest BCUT2D eigenvalue weighted by atomic mass is 32.1. The van der Waals surface area contributed by atoms with Gasteiger partial charge in [0.2, 0.25) is 0 Å². The Balaban J connectivity index is 1.93. The molecule has 5 nitrogen and oxygen atoms in total. The number of aromatic nitrogens is 3. The Labute approximate surface area is 123 Å². The summed E-state index contributed by atoms with van der Waals surface area (Å²) in [6, 6.07) is 1.99. The summed E-state index contributed by atoms with van der Waals surface area (Å²) in [6.07, 6.45) is 1.78. The van der Waals surface area contributed by atoms with Crippen LogP contribution in [0.5, 0.6) is 0 Å². The highest BCUT2D eigenvalue weighted by Gasteiger charge is 2.52. The molecule has 0 amide bonds. The van der Waals surface area contributed by atoms with Crippen molar-refractivity contribution in [2.45, 2.75) is 38.9 Å². The van der Waals surface area contributed by atoms with Crippen LogP contribution in [0.4, 0.5) is 0 Å². The van der Waals surface area contributed by atoms with Gasteiger partial charge in [0.1, 0.15) is 10.7 Å². The molecule has 0 aliphatic carbocycles. The number of aryl methyl sites for hydroxylation is 1. The van der Waals surface area contributed by atoms with Gasteiger partial charge in [0.15, 0.2) is 0 Å². The minimum atomic E-state index is -0.397. The summed E-state index contributed by atoms with van der Waals surface area (Å²) >= 11 is 1.57. The topological polar surface area (TPSA) is 49.2 Å². The summed E-state index contributed by atoms with van der Waals surface area (Å²) in [4.78, 5) is 4.29. The number of hydrogen-bond donors (Lipinski definition) is 0. The number of hydrogen-bond acceptors (Lipinski definition) is 5. The lowest BCUT2D eigenvalue weighted by atomic mass is 9.84. The Bertz CT molecular complexity index is 606. The van der Waals surface area contributed by atoms with E-state index < -0.39 is 7.12 Å². The van der Waals surface area contributed by atoms with E-state index in [0.29, 0.717) is 0 Å². The van der Waals surface area contributed by atoms with Crippen molar-refractivity contribution in [3.63, 3.8) is 0 Å². The molecule has 0 radical (unpaired) electrons. The van der Waals surface area contributed by atoms with E-state index >= 15 is 0 Å². The first-order valence-electron chi connectivity index (χ1n) is 6.60. The van der Waals surface area contributed by atoms with Crippen LogP contribution in [0, 0.1) is 0 Å². The number of thiazole rings is 1. The summed E-state index contributed by atoms with van der Waals surface area (Å²) in [5, 5.41) is 7.35. The van der Waals surface area contributed by atoms with E-state index in [9.17, 15) is 0 Å². The molecule has 0 bridgehead atoms. The van der Waals surface area contributed by atoms with E-state index in [1.807, 2.05) is 46.2 Å². The first kappa shape index (κ1) is 13.8. The third-order valence-electron chi connectivity index (χ3n) is 4.06. The molecule has 0 atom stereocenters. The summed E-state index contributed by atoms with van der Waals surface area (Å²) < 4.78 is 13.9. The highest BCUT2D eigenvalue weighted by Crippen LogP contribution is 2.36. The molecule has 0 N–H and O–H groups in total. The van der Waals surface area contributed by atoms with Crippen LogP contribution in [0.3, 0.4) is 0 Å². The number of rotatable bonds is 2. The lowest BCUT2D eigenvalue weighted by Crippen LogP contribution is -2.41. The first-order valence-corrected chi connectivity index (χ1v) is 7.47. The SMILES string of the molecule is Cn1nc(-c2nccs2)cc1B1OC(C)(C)C(C)(C)O1. The summed E-state index contributed by atoms with van der Waals surface area (Å²) in [5.74, 6) is 0. The normalized spacial score (nSPS) is 20.6. The van der Waals surface area contributed by atoms with Crippen LogP contribution in [0.1, 0.15) is 27.7 Å². The van der Waals surface area contributed by atoms with Gasteiger partial charge < -0.3 is 9.31 Å². The quantitative estimate of drug-likeness (QED) is 0.792. The standard InChI is InChI=1S/C13H18BN3O2S/c1-12(2)13(3,4)19-14(18-12)10-8-9(16-17(10)5)11-15-6-7-20-11/h6-8H,1-5H3. The predicted molar refractivity (Wildman–Crippen MR) is 80.0 cm³/mol. The fourth-order valence-electron chi connectivity index (χ4n) is 2.12. The molecule has 0 saturated carbocycles. The average Bonchev–Trinajstić information content (AvgIpc) is 2.98. The molecule has 1 aliphatic heterocycles. The molecule has 7 heteroatoms. The van der Waals surface area contributed by atoms with Gasteiger partial charge >= 0.3 is 7.12 Å². The second kappa shape index (κ2) is 4.41. The van der Waals surface area contributed by atoms with Crippen LogP contribution in [0.2, 0.25) is 0 Å². The molecule has 3 heterocycles. The third kappa shape index (κ3) is 2.10. The summed E-state index contributed by atoms with van der Waals surface area (Å²) in [6.45, 7) is 8.19. The average molecular weight is 291 g/mol. The van der Waals surface area contributed by atoms with Gasteiger partial charge in [-0.1, -0.05) is 0 Å². The van der Waals surface area contributed by atoms with Gasteiger partial charge in [-0.3, -0.25) is 4.68 Å². The van der Waals surface area contributed by atoms with Crippen molar-refractivity contribution >= 4 is 24.0 Å². The number of nitrogens with zero attached hydrogens (tertiary/aromatic N) is 3. The van der Waals surface area contributed by atoms with E-state index in [-0.39, 0.29) is 11.2 Å². The second-order valence-electron chi connectivity index (χ2n) is 6.00. The van der Waals surface area contributed by atoms with Gasteiger partial charge in [-0.05, 0) is 33.8 Å². The molecule has 0 unspecified atom stereocenters. The maximum atomic E-state index is 6.06. The zero-order chi connectivity index (χ0) is 14.5. The Morgan fingerprint density at radius 3 is 2.40 bits per heavy atom. The molecule has 0 spiro atoms. The van der Waals surface area contributed by atoms with Gasteiger partial charge in [-0.2, -0.15) is 5.10 Å². The molecule has 0 aromatic carbocycles. The van der Waals surface area contributed by atoms with Crippen LogP contribution in [0.25, 0.3) is 10.7 Å². The van der Waals surface area contributed by atoms with Crippen molar-refractivity contribution in [1.82, 2.24) is 14.8 Å². The van der Waals surface area contributed by atoms with Gasteiger partial charge in [0.25, 0.3) is 0 Å². The fourth-order valence-corrected chi connectivity index (χ4v) is 2.71. The Morgan fingerprint density at radius 2 is 1.85 bits per heavy atom. The van der Waals surface area contributed by atoms with Crippen molar-refractivity contribution in [3.8, 4) is 10.7 Å². The predicted octanol–water partition coefficient (Wildman–Crippen LogP) is 1.84. The van der Waals surface area contributed by atoms with E-state index in [4.69, 9.17) is 9.31 Å². The first-order chi connectivity index (χ1) is 9.30. The minimum Gasteiger partial charge on any atom is -0.398 e. The molecule has 1 aliphatic rings. The smallest absolute Gasteiger partial charge is 0.398 e. The zero-order valence-corrected chi connectivity index (χ0v) is 13.2. The molecular weight excluding hydrogens is 273 g/mol. The monoisotopic (exact) mass is 291 g/mol. The largest absolute Gasteiger partial charge is 0.514 e. The minimum absolute atomic E-state index is 0.344. The van der Waals surface area contributed by atoms with Crippen LogP contribution < -0.4 is 5.59 Å². The molecule has 1 saturated heterocycles. The van der Waals surface area contributed by atoms with Crippen molar-refractivity contribution in [2.75, 3.05) is 0 Å².